The van der Waals surface area contributed by atoms with Crippen LogP contribution in [0.15, 0.2) is 60.8 Å². The summed E-state index contributed by atoms with van der Waals surface area (Å²) in [5.74, 6) is 0.489. The number of anilines is 2. The second-order valence-electron chi connectivity index (χ2n) is 6.44. The SMILES string of the molecule is CCOc1cc(Nc2ccc3[nH]ccc3c2C)c(C#N)c(-c2ccccc2)n1. The summed E-state index contributed by atoms with van der Waals surface area (Å²) in [5.41, 5.74) is 5.78. The summed E-state index contributed by atoms with van der Waals surface area (Å²) < 4.78 is 5.67. The molecule has 0 fully saturated rings. The van der Waals surface area contributed by atoms with E-state index in [0.717, 1.165) is 27.7 Å². The van der Waals surface area contributed by atoms with Crippen LogP contribution in [0.1, 0.15) is 18.1 Å². The van der Waals surface area contributed by atoms with Gasteiger partial charge in [0.05, 0.1) is 18.0 Å². The Labute approximate surface area is 163 Å². The molecule has 4 rings (SSSR count). The van der Waals surface area contributed by atoms with E-state index in [1.165, 1.54) is 0 Å². The number of aromatic nitrogens is 2. The lowest BCUT2D eigenvalue weighted by atomic mass is 10.0. The van der Waals surface area contributed by atoms with Crippen molar-refractivity contribution in [2.75, 3.05) is 11.9 Å². The maximum Gasteiger partial charge on any atom is 0.215 e. The number of H-pyrrole nitrogens is 1. The summed E-state index contributed by atoms with van der Waals surface area (Å²) in [5, 5.41) is 14.5. The van der Waals surface area contributed by atoms with Gasteiger partial charge in [0.25, 0.3) is 0 Å². The number of fused-ring (bicyclic) bond motifs is 1. The molecule has 0 saturated carbocycles. The Morgan fingerprint density at radius 2 is 1.93 bits per heavy atom. The van der Waals surface area contributed by atoms with Crippen LogP contribution in [0.4, 0.5) is 11.4 Å². The molecule has 0 aliphatic carbocycles. The highest BCUT2D eigenvalue weighted by Gasteiger charge is 2.16. The smallest absolute Gasteiger partial charge is 0.215 e. The van der Waals surface area contributed by atoms with Crippen molar-refractivity contribution in [3.63, 3.8) is 0 Å². The number of rotatable bonds is 5. The third kappa shape index (κ3) is 3.17. The van der Waals surface area contributed by atoms with E-state index in [4.69, 9.17) is 4.74 Å². The van der Waals surface area contributed by atoms with E-state index in [1.54, 1.807) is 6.07 Å². The van der Waals surface area contributed by atoms with Gasteiger partial charge in [0.1, 0.15) is 11.6 Å². The van der Waals surface area contributed by atoms with Gasteiger partial charge in [-0.15, -0.1) is 0 Å². The van der Waals surface area contributed by atoms with Crippen molar-refractivity contribution in [1.29, 1.82) is 5.26 Å². The summed E-state index contributed by atoms with van der Waals surface area (Å²) >= 11 is 0. The molecule has 28 heavy (non-hydrogen) atoms. The minimum absolute atomic E-state index is 0.489. The Balaban J connectivity index is 1.86. The second kappa shape index (κ2) is 7.45. The van der Waals surface area contributed by atoms with E-state index in [2.05, 4.69) is 34.3 Å². The largest absolute Gasteiger partial charge is 0.478 e. The number of ether oxygens (including phenoxy) is 1. The van der Waals surface area contributed by atoms with Crippen LogP contribution in [0.2, 0.25) is 0 Å². The zero-order chi connectivity index (χ0) is 19.5. The monoisotopic (exact) mass is 368 g/mol. The van der Waals surface area contributed by atoms with Crippen LogP contribution < -0.4 is 10.1 Å². The van der Waals surface area contributed by atoms with Crippen LogP contribution in [0.25, 0.3) is 22.2 Å². The number of pyridine rings is 1. The molecule has 0 bridgehead atoms. The van der Waals surface area contributed by atoms with Crippen LogP contribution in [0.3, 0.4) is 0 Å². The summed E-state index contributed by atoms with van der Waals surface area (Å²) in [6, 6.07) is 19.9. The van der Waals surface area contributed by atoms with E-state index in [-0.39, 0.29) is 0 Å². The van der Waals surface area contributed by atoms with E-state index >= 15 is 0 Å². The van der Waals surface area contributed by atoms with E-state index in [0.29, 0.717) is 29.4 Å². The van der Waals surface area contributed by atoms with Crippen LogP contribution in [0.5, 0.6) is 5.88 Å². The van der Waals surface area contributed by atoms with Crippen LogP contribution >= 0.6 is 0 Å². The summed E-state index contributed by atoms with van der Waals surface area (Å²) in [6.45, 7) is 4.48. The molecule has 0 atom stereocenters. The lowest BCUT2D eigenvalue weighted by Gasteiger charge is -2.16. The molecule has 0 aliphatic rings. The highest BCUT2D eigenvalue weighted by Crippen LogP contribution is 2.34. The molecule has 2 aromatic carbocycles. The molecule has 138 valence electrons. The number of nitrogens with zero attached hydrogens (tertiary/aromatic N) is 2. The minimum atomic E-state index is 0.489. The van der Waals surface area contributed by atoms with Crippen molar-refractivity contribution in [3.05, 3.63) is 71.9 Å². The molecule has 2 heterocycles. The Morgan fingerprint density at radius 3 is 2.68 bits per heavy atom. The number of aromatic amines is 1. The van der Waals surface area contributed by atoms with Gasteiger partial charge < -0.3 is 15.0 Å². The Bertz CT molecular complexity index is 1170. The standard InChI is InChI=1S/C23H20N4O/c1-3-28-22-13-21(18(14-24)23(27-22)16-7-5-4-6-8-16)26-19-9-10-20-17(15(19)2)11-12-25-20/h4-13,25H,3H2,1-2H3,(H,26,27). The van der Waals surface area contributed by atoms with Crippen molar-refractivity contribution < 1.29 is 4.74 Å². The topological polar surface area (TPSA) is 73.7 Å². The van der Waals surface area contributed by atoms with Gasteiger partial charge in [0.15, 0.2) is 0 Å². The highest BCUT2D eigenvalue weighted by atomic mass is 16.5. The average Bonchev–Trinajstić information content (AvgIpc) is 3.20. The molecule has 5 nitrogen and oxygen atoms in total. The second-order valence-corrected chi connectivity index (χ2v) is 6.44. The van der Waals surface area contributed by atoms with Crippen LogP contribution in [0, 0.1) is 18.3 Å². The van der Waals surface area contributed by atoms with Crippen LogP contribution in [-0.4, -0.2) is 16.6 Å². The van der Waals surface area contributed by atoms with Crippen molar-refractivity contribution in [2.45, 2.75) is 13.8 Å². The van der Waals surface area contributed by atoms with Crippen molar-refractivity contribution in [2.24, 2.45) is 0 Å². The normalized spacial score (nSPS) is 10.6. The van der Waals surface area contributed by atoms with Gasteiger partial charge in [-0.1, -0.05) is 30.3 Å². The fourth-order valence-corrected chi connectivity index (χ4v) is 3.32. The van der Waals surface area contributed by atoms with Crippen molar-refractivity contribution >= 4 is 22.3 Å². The molecule has 5 heteroatoms. The zero-order valence-electron chi connectivity index (χ0n) is 15.8. The van der Waals surface area contributed by atoms with E-state index < -0.39 is 0 Å². The van der Waals surface area contributed by atoms with Gasteiger partial charge in [-0.05, 0) is 37.6 Å². The first-order valence-corrected chi connectivity index (χ1v) is 9.18. The molecule has 0 unspecified atom stereocenters. The Kier molecular flexibility index (Phi) is 4.69. The van der Waals surface area contributed by atoms with Gasteiger partial charge >= 0.3 is 0 Å². The van der Waals surface area contributed by atoms with Crippen LogP contribution in [-0.2, 0) is 0 Å². The number of hydrogen-bond acceptors (Lipinski definition) is 4. The average molecular weight is 368 g/mol. The van der Waals surface area contributed by atoms with Gasteiger partial charge in [0, 0.05) is 34.4 Å². The molecule has 0 radical (unpaired) electrons. The maximum atomic E-state index is 9.89. The highest BCUT2D eigenvalue weighted by molar-refractivity contribution is 5.89. The molecule has 2 aromatic heterocycles. The fourth-order valence-electron chi connectivity index (χ4n) is 3.32. The number of nitrogens with one attached hydrogen (secondary N) is 2. The molecule has 4 aromatic rings. The van der Waals surface area contributed by atoms with E-state index in [9.17, 15) is 5.26 Å². The number of aryl methyl sites for hydroxylation is 1. The first kappa shape index (κ1) is 17.6. The quantitative estimate of drug-likeness (QED) is 0.484. The first-order chi connectivity index (χ1) is 13.7. The summed E-state index contributed by atoms with van der Waals surface area (Å²) in [6.07, 6.45) is 1.93. The number of benzene rings is 2. The maximum absolute atomic E-state index is 9.89. The lowest BCUT2D eigenvalue weighted by Crippen LogP contribution is -2.03. The van der Waals surface area contributed by atoms with Gasteiger partial charge in [-0.25, -0.2) is 4.98 Å². The predicted molar refractivity (Wildman–Crippen MR) is 112 cm³/mol. The molecule has 0 amide bonds. The number of hydrogen-bond donors (Lipinski definition) is 2. The van der Waals surface area contributed by atoms with Gasteiger partial charge in [-0.3, -0.25) is 0 Å². The van der Waals surface area contributed by atoms with Crippen molar-refractivity contribution in [1.82, 2.24) is 9.97 Å². The minimum Gasteiger partial charge on any atom is -0.478 e. The number of nitriles is 1. The lowest BCUT2D eigenvalue weighted by molar-refractivity contribution is 0.327. The molecule has 0 spiro atoms. The zero-order valence-corrected chi connectivity index (χ0v) is 15.8. The first-order valence-electron chi connectivity index (χ1n) is 9.18. The molecular weight excluding hydrogens is 348 g/mol. The predicted octanol–water partition coefficient (Wildman–Crippen LogP) is 5.55. The molecule has 0 saturated heterocycles. The molecule has 0 aliphatic heterocycles. The van der Waals surface area contributed by atoms with Gasteiger partial charge in [0.2, 0.25) is 5.88 Å². The van der Waals surface area contributed by atoms with Crippen molar-refractivity contribution in [3.8, 4) is 23.2 Å². The summed E-state index contributed by atoms with van der Waals surface area (Å²) in [4.78, 5) is 7.80. The van der Waals surface area contributed by atoms with Gasteiger partial charge in [-0.2, -0.15) is 5.26 Å². The molecular formula is C23H20N4O. The Morgan fingerprint density at radius 1 is 1.11 bits per heavy atom. The summed E-state index contributed by atoms with van der Waals surface area (Å²) in [7, 11) is 0. The Hall–Kier alpha value is -3.78. The third-order valence-electron chi connectivity index (χ3n) is 4.72. The fraction of sp³-hybridized carbons (Fsp3) is 0.130. The molecule has 2 N–H and O–H groups in total. The third-order valence-corrected chi connectivity index (χ3v) is 4.72. The van der Waals surface area contributed by atoms with E-state index in [1.807, 2.05) is 55.6 Å².